The van der Waals surface area contributed by atoms with Crippen LogP contribution < -0.4 is 16.0 Å². The van der Waals surface area contributed by atoms with Crippen molar-refractivity contribution in [3.05, 3.63) is 267 Å². The summed E-state index contributed by atoms with van der Waals surface area (Å²) in [6, 6.07) is 27.4. The first-order valence-electron chi connectivity index (χ1n) is 38.1. The molecule has 0 atom stereocenters. The van der Waals surface area contributed by atoms with Crippen LogP contribution in [0.5, 0.6) is 0 Å². The van der Waals surface area contributed by atoms with Gasteiger partial charge in [-0.15, -0.1) is 0 Å². The van der Waals surface area contributed by atoms with Gasteiger partial charge in [-0.1, -0.05) is 42.9 Å². The molecule has 3 amide bonds. The maximum absolute atomic E-state index is 14.0. The second kappa shape index (κ2) is 38.0. The Balaban J connectivity index is 0.000000155. The van der Waals surface area contributed by atoms with E-state index in [0.717, 1.165) is 50.9 Å². The number of anilines is 3. The highest BCUT2D eigenvalue weighted by Gasteiger charge is 2.38. The summed E-state index contributed by atoms with van der Waals surface area (Å²) >= 11 is 0. The Morgan fingerprint density at radius 3 is 1.02 bits per heavy atom. The molecule has 3 saturated heterocycles. The number of aliphatic hydroxyl groups is 1. The van der Waals surface area contributed by atoms with Gasteiger partial charge in [0.15, 0.2) is 16.9 Å². The van der Waals surface area contributed by atoms with E-state index in [4.69, 9.17) is 5.11 Å². The largest absolute Gasteiger partial charge is 0.416 e. The first kappa shape index (κ1) is 84.1. The summed E-state index contributed by atoms with van der Waals surface area (Å²) in [5.41, 5.74) is 3.84. The van der Waals surface area contributed by atoms with E-state index in [0.29, 0.717) is 116 Å². The average Bonchev–Trinajstić information content (AvgIpc) is 1.79. The molecule has 612 valence electrons. The Morgan fingerprint density at radius 1 is 0.403 bits per heavy atom. The number of β-amino-alcohol motifs (C(OH)–C–C–N with tert-alkyl or cyclic N) is 1. The van der Waals surface area contributed by atoms with Gasteiger partial charge in [0.1, 0.15) is 17.1 Å². The fraction of sp³-hybridized carbons (Fsp3) is 0.294. The molecule has 3 fully saturated rings. The number of imidazole rings is 3. The van der Waals surface area contributed by atoms with Crippen LogP contribution in [0.3, 0.4) is 0 Å². The predicted molar refractivity (Wildman–Crippen MR) is 426 cm³/mol. The molecule has 0 bridgehead atoms. The van der Waals surface area contributed by atoms with E-state index in [-0.39, 0.29) is 76.7 Å². The summed E-state index contributed by atoms with van der Waals surface area (Å²) in [7, 11) is 0. The Kier molecular flexibility index (Phi) is 26.9. The predicted octanol–water partition coefficient (Wildman–Crippen LogP) is 11.2. The number of pyridine rings is 3. The molecule has 0 aliphatic carbocycles. The standard InChI is InChI=1S/C29H28F3N7O.C28H26F3N7O2.C28H26F3N7O/c1-20(2)38-12-10-37(11-13-38)19-22-6-7-24(15-26(22)29(30,31)32)36-28(40)23-14-21(16-33-17-23)5-8-25-18-34-27-4-3-9-35-39(25)27;29-28(30,31)25-15-23(5-4-21(25)19-37-10-8-36(9-11-37)12-13-39)35-27(40)22-14-20(16-32-17-22)3-6-24-18-33-26-2-1-7-34-38(24)26;1-2-36-10-12-37(13-11-36)19-21-6-7-23(15-25(21)28(29,30)31)35-27(39)22-14-20(16-32-17-22)5-8-24-18-33-26-4-3-9-34-38(24)26/h3-4,6-7,9,14-18,20H,10-13,19H2,1-2H3,(H,36,40);1-2,4-5,7,14-18,39H,8-13,19H2,(H,35,40);3-4,6-7,9,14-18H,2,10-13,19H2,1H3,(H,35,39). The van der Waals surface area contributed by atoms with Crippen molar-refractivity contribution in [1.82, 2.24) is 88.1 Å². The zero-order valence-corrected chi connectivity index (χ0v) is 64.7. The SMILES string of the molecule is CC(C)N1CCN(Cc2ccc(NC(=O)c3cncc(C#Cc4cnc5cccnn45)c3)cc2C(F)(F)F)CC1.CCN1CCN(Cc2ccc(NC(=O)c3cncc(C#Cc4cnc5cccnn45)c3)cc2C(F)(F)F)CC1.O=C(Nc1ccc(CN2CCN(CCO)CC2)c(C(F)(F)F)c1)c1cncc(C#Cc2cnc3cccnn23)c1. The molecule has 0 unspecified atom stereocenters. The third kappa shape index (κ3) is 22.3. The lowest BCUT2D eigenvalue weighted by Gasteiger charge is -2.37. The number of benzene rings is 3. The van der Waals surface area contributed by atoms with Crippen LogP contribution in [-0.2, 0) is 38.2 Å². The van der Waals surface area contributed by atoms with Gasteiger partial charge in [-0.2, -0.15) is 54.8 Å². The fourth-order valence-electron chi connectivity index (χ4n) is 13.6. The molecule has 119 heavy (non-hydrogen) atoms. The van der Waals surface area contributed by atoms with Crippen molar-refractivity contribution in [2.24, 2.45) is 0 Å². The van der Waals surface area contributed by atoms with E-state index in [9.17, 15) is 53.9 Å². The lowest BCUT2D eigenvalue weighted by Crippen LogP contribution is -2.48. The molecule has 9 aromatic heterocycles. The van der Waals surface area contributed by atoms with Gasteiger partial charge in [0.05, 0.1) is 58.6 Å². The molecule has 12 heterocycles. The van der Waals surface area contributed by atoms with Crippen LogP contribution in [-0.4, -0.2) is 215 Å². The molecule has 3 aliphatic rings. The number of aromatic nitrogens is 12. The number of likely N-dealkylation sites (N-methyl/N-ethyl adjacent to an activating group) is 1. The summed E-state index contributed by atoms with van der Waals surface area (Å²) in [4.78, 5) is 76.2. The zero-order valence-electron chi connectivity index (χ0n) is 64.7. The van der Waals surface area contributed by atoms with Crippen LogP contribution in [0.25, 0.3) is 16.9 Å². The number of amides is 3. The van der Waals surface area contributed by atoms with Crippen LogP contribution in [0.4, 0.5) is 56.6 Å². The third-order valence-electron chi connectivity index (χ3n) is 20.0. The minimum atomic E-state index is -4.58. The number of alkyl halides is 9. The minimum absolute atomic E-state index is 0.0298. The molecule has 25 nitrogen and oxygen atoms in total. The van der Waals surface area contributed by atoms with Crippen molar-refractivity contribution >= 4 is 51.7 Å². The maximum Gasteiger partial charge on any atom is 0.416 e. The Hall–Kier alpha value is -12.9. The first-order chi connectivity index (χ1) is 57.3. The lowest BCUT2D eigenvalue weighted by molar-refractivity contribution is -0.139. The number of hydrogen-bond acceptors (Lipinski definition) is 19. The van der Waals surface area contributed by atoms with Crippen molar-refractivity contribution in [3.8, 4) is 35.5 Å². The Morgan fingerprint density at radius 2 is 0.714 bits per heavy atom. The highest BCUT2D eigenvalue weighted by Crippen LogP contribution is 2.38. The third-order valence-corrected chi connectivity index (χ3v) is 20.0. The summed E-state index contributed by atoms with van der Waals surface area (Å²) < 4.78 is 130. The van der Waals surface area contributed by atoms with Crippen molar-refractivity contribution < 1.29 is 59.0 Å². The first-order valence-corrected chi connectivity index (χ1v) is 38.1. The van der Waals surface area contributed by atoms with E-state index in [1.165, 1.54) is 91.8 Å². The number of piperazine rings is 3. The van der Waals surface area contributed by atoms with Gasteiger partial charge in [-0.05, 0) is 146 Å². The van der Waals surface area contributed by atoms with E-state index in [2.05, 4.69) is 132 Å². The molecule has 0 saturated carbocycles. The van der Waals surface area contributed by atoms with Crippen molar-refractivity contribution in [2.45, 2.75) is 65.0 Å². The molecule has 12 aromatic rings. The zero-order chi connectivity index (χ0) is 83.8. The summed E-state index contributed by atoms with van der Waals surface area (Å²) in [6.45, 7) is 17.1. The quantitative estimate of drug-likeness (QED) is 0.0518. The number of aliphatic hydroxyl groups excluding tert-OH is 1. The fourth-order valence-corrected chi connectivity index (χ4v) is 13.6. The second-order valence-corrected chi connectivity index (χ2v) is 28.4. The number of rotatable bonds is 16. The maximum atomic E-state index is 14.0. The molecule has 3 aliphatic heterocycles. The van der Waals surface area contributed by atoms with Crippen LogP contribution in [0.2, 0.25) is 0 Å². The highest BCUT2D eigenvalue weighted by molar-refractivity contribution is 6.05. The number of carbonyl (C=O) groups is 3. The number of hydrogen-bond donors (Lipinski definition) is 4. The summed E-state index contributed by atoms with van der Waals surface area (Å²) in [5, 5.41) is 29.4. The van der Waals surface area contributed by atoms with Gasteiger partial charge in [0.25, 0.3) is 17.7 Å². The number of halogens is 9. The number of fused-ring (bicyclic) bond motifs is 3. The Labute approximate surface area is 678 Å². The second-order valence-electron chi connectivity index (χ2n) is 28.4. The molecule has 4 N–H and O–H groups in total. The average molecular weight is 1630 g/mol. The van der Waals surface area contributed by atoms with Crippen LogP contribution in [0, 0.1) is 35.5 Å². The highest BCUT2D eigenvalue weighted by atomic mass is 19.4. The van der Waals surface area contributed by atoms with Gasteiger partial charge >= 0.3 is 18.5 Å². The topological polar surface area (TPSA) is 256 Å². The molecule has 15 rings (SSSR count). The monoisotopic (exact) mass is 1630 g/mol. The van der Waals surface area contributed by atoms with Gasteiger partial charge in [-0.25, -0.2) is 28.5 Å². The smallest absolute Gasteiger partial charge is 0.395 e. The van der Waals surface area contributed by atoms with Gasteiger partial charge < -0.3 is 26.0 Å². The van der Waals surface area contributed by atoms with E-state index >= 15 is 0 Å². The number of nitrogens with zero attached hydrogens (tertiary/aromatic N) is 18. The van der Waals surface area contributed by atoms with Crippen molar-refractivity contribution in [1.29, 1.82) is 0 Å². The van der Waals surface area contributed by atoms with E-state index in [1.54, 1.807) is 87.1 Å². The summed E-state index contributed by atoms with van der Waals surface area (Å²) in [6.07, 6.45) is 4.41. The lowest BCUT2D eigenvalue weighted by atomic mass is 10.0. The van der Waals surface area contributed by atoms with Crippen molar-refractivity contribution in [3.63, 3.8) is 0 Å². The molecule has 0 radical (unpaired) electrons. The molecular formula is C85H80F9N21O4. The van der Waals surface area contributed by atoms with Crippen LogP contribution >= 0.6 is 0 Å². The minimum Gasteiger partial charge on any atom is -0.395 e. The van der Waals surface area contributed by atoms with Crippen molar-refractivity contribution in [2.75, 3.05) is 114 Å². The normalized spacial score (nSPS) is 14.7. The molecular weight excluding hydrogens is 1550 g/mol. The number of nitrogens with one attached hydrogen (secondary N) is 3. The Bertz CT molecular complexity index is 5810. The van der Waals surface area contributed by atoms with Crippen LogP contribution in [0.1, 0.15) is 119 Å². The molecule has 3 aromatic carbocycles. The van der Waals surface area contributed by atoms with E-state index < -0.39 is 52.9 Å². The summed E-state index contributed by atoms with van der Waals surface area (Å²) in [5.74, 6) is 15.9. The van der Waals surface area contributed by atoms with E-state index in [1.807, 2.05) is 14.7 Å². The molecule has 0 spiro atoms. The van der Waals surface area contributed by atoms with Gasteiger partial charge in [-0.3, -0.25) is 53.8 Å². The van der Waals surface area contributed by atoms with Crippen LogP contribution in [0.15, 0.2) is 184 Å². The molecule has 34 heteroatoms. The van der Waals surface area contributed by atoms with Gasteiger partial charge in [0.2, 0.25) is 0 Å². The number of carbonyl (C=O) groups excluding carboxylic acids is 3. The van der Waals surface area contributed by atoms with Gasteiger partial charge in [0, 0.05) is 200 Å².